The van der Waals surface area contributed by atoms with Gasteiger partial charge < -0.3 is 10.1 Å². The number of anilines is 1. The van der Waals surface area contributed by atoms with Crippen molar-refractivity contribution in [1.29, 1.82) is 0 Å². The first kappa shape index (κ1) is 27.6. The van der Waals surface area contributed by atoms with Crippen molar-refractivity contribution in [3.63, 3.8) is 0 Å². The maximum absolute atomic E-state index is 13.8. The van der Waals surface area contributed by atoms with Crippen molar-refractivity contribution in [1.82, 2.24) is 9.55 Å². The van der Waals surface area contributed by atoms with Crippen molar-refractivity contribution in [2.24, 2.45) is 0 Å². The van der Waals surface area contributed by atoms with Gasteiger partial charge in [0.1, 0.15) is 15.4 Å². The maximum atomic E-state index is 13.8. The van der Waals surface area contributed by atoms with Gasteiger partial charge in [0, 0.05) is 15.8 Å². The van der Waals surface area contributed by atoms with E-state index >= 15 is 0 Å². The van der Waals surface area contributed by atoms with Gasteiger partial charge in [-0.2, -0.15) is 0 Å². The number of nitrogens with zero attached hydrogens (tertiary/aromatic N) is 2. The molecule has 0 fully saturated rings. The zero-order valence-electron chi connectivity index (χ0n) is 22.3. The molecular weight excluding hydrogens is 587 g/mol. The molecule has 0 bridgehead atoms. The van der Waals surface area contributed by atoms with Crippen LogP contribution >= 0.6 is 34.4 Å². The number of thioether (sulfide) groups is 1. The lowest BCUT2D eigenvalue weighted by Crippen LogP contribution is -2.22. The number of amides is 1. The molecule has 42 heavy (non-hydrogen) atoms. The molecule has 0 aliphatic carbocycles. The summed E-state index contributed by atoms with van der Waals surface area (Å²) >= 11 is 3.86. The van der Waals surface area contributed by atoms with Crippen LogP contribution in [0.15, 0.2) is 112 Å². The Hall–Kier alpha value is -4.51. The number of nitrogens with one attached hydrogen (secondary N) is 1. The summed E-state index contributed by atoms with van der Waals surface area (Å²) in [6.07, 6.45) is 0. The van der Waals surface area contributed by atoms with E-state index in [1.165, 1.54) is 29.8 Å². The van der Waals surface area contributed by atoms with Gasteiger partial charge in [-0.3, -0.25) is 14.2 Å². The van der Waals surface area contributed by atoms with Gasteiger partial charge in [0.2, 0.25) is 5.91 Å². The van der Waals surface area contributed by atoms with Crippen molar-refractivity contribution in [3.8, 4) is 27.3 Å². The Morgan fingerprint density at radius 1 is 0.929 bits per heavy atom. The number of carbonyl (C=O) groups is 2. The maximum Gasteiger partial charge on any atom is 0.341 e. The molecular formula is C32H23N3O4S3. The molecule has 3 aromatic heterocycles. The predicted molar refractivity (Wildman–Crippen MR) is 171 cm³/mol. The van der Waals surface area contributed by atoms with Gasteiger partial charge in [-0.25, -0.2) is 9.78 Å². The van der Waals surface area contributed by atoms with E-state index in [1.807, 2.05) is 102 Å². The number of methoxy groups -OCH3 is 1. The number of fused-ring (bicyclic) bond motifs is 1. The minimum atomic E-state index is -0.532. The number of thiophene rings is 2. The van der Waals surface area contributed by atoms with Gasteiger partial charge in [0.05, 0.1) is 23.9 Å². The van der Waals surface area contributed by atoms with Gasteiger partial charge >= 0.3 is 5.97 Å². The largest absolute Gasteiger partial charge is 0.465 e. The number of hydrogen-bond donors (Lipinski definition) is 1. The quantitative estimate of drug-likeness (QED) is 0.110. The summed E-state index contributed by atoms with van der Waals surface area (Å²) in [7, 11) is 1.31. The number of aromatic nitrogens is 2. The Bertz CT molecular complexity index is 1950. The average Bonchev–Trinajstić information content (AvgIpc) is 3.66. The standard InChI is InChI=1S/C32H23N3O4S3/c1-39-31(38)27-24(20-11-5-2-6-12-20)18-40-29(27)33-26(36)19-41-32-34-28-23(17-25(42-28)21-13-7-3-8-14-21)30(37)35(32)22-15-9-4-10-16-22/h2-18H,19H2,1H3,(H,33,36). The van der Waals surface area contributed by atoms with Crippen molar-refractivity contribution in [3.05, 3.63) is 118 Å². The van der Waals surface area contributed by atoms with Crippen LogP contribution in [0.2, 0.25) is 0 Å². The smallest absolute Gasteiger partial charge is 0.341 e. The summed E-state index contributed by atoms with van der Waals surface area (Å²) in [5.74, 6) is -0.896. The van der Waals surface area contributed by atoms with E-state index in [4.69, 9.17) is 9.72 Å². The molecule has 7 nitrogen and oxygen atoms in total. The fraction of sp³-hybridized carbons (Fsp3) is 0.0625. The van der Waals surface area contributed by atoms with Crippen LogP contribution in [-0.2, 0) is 9.53 Å². The molecule has 1 amide bonds. The molecule has 0 unspecified atom stereocenters. The number of esters is 1. The second kappa shape index (κ2) is 12.2. The van der Waals surface area contributed by atoms with E-state index in [0.29, 0.717) is 37.2 Å². The molecule has 0 atom stereocenters. The second-order valence-electron chi connectivity index (χ2n) is 9.11. The number of carbonyl (C=O) groups excluding carboxylic acids is 2. The van der Waals surface area contributed by atoms with Crippen LogP contribution in [0.5, 0.6) is 0 Å². The second-order valence-corrected chi connectivity index (χ2v) is 12.0. The Balaban J connectivity index is 1.32. The van der Waals surface area contributed by atoms with Crippen molar-refractivity contribution in [2.75, 3.05) is 18.2 Å². The zero-order chi connectivity index (χ0) is 29.1. The van der Waals surface area contributed by atoms with E-state index in [9.17, 15) is 14.4 Å². The summed E-state index contributed by atoms with van der Waals surface area (Å²) < 4.78 is 6.57. The van der Waals surface area contributed by atoms with Crippen molar-refractivity contribution in [2.45, 2.75) is 5.16 Å². The van der Waals surface area contributed by atoms with E-state index < -0.39 is 5.97 Å². The number of rotatable bonds is 8. The van der Waals surface area contributed by atoms with Crippen molar-refractivity contribution < 1.29 is 14.3 Å². The molecule has 0 radical (unpaired) electrons. The van der Waals surface area contributed by atoms with E-state index in [0.717, 1.165) is 27.8 Å². The fourth-order valence-electron chi connectivity index (χ4n) is 4.49. The van der Waals surface area contributed by atoms with E-state index in [1.54, 1.807) is 4.57 Å². The SMILES string of the molecule is COC(=O)c1c(-c2ccccc2)csc1NC(=O)CSc1nc2sc(-c3ccccc3)cc2c(=O)n1-c1ccccc1. The number of para-hydroxylation sites is 1. The highest BCUT2D eigenvalue weighted by Gasteiger charge is 2.23. The number of hydrogen-bond acceptors (Lipinski definition) is 8. The highest BCUT2D eigenvalue weighted by Crippen LogP contribution is 2.37. The summed E-state index contributed by atoms with van der Waals surface area (Å²) in [5.41, 5.74) is 3.30. The predicted octanol–water partition coefficient (Wildman–Crippen LogP) is 7.36. The molecule has 6 rings (SSSR count). The molecule has 0 aliphatic heterocycles. The zero-order valence-corrected chi connectivity index (χ0v) is 24.7. The molecule has 0 saturated carbocycles. The van der Waals surface area contributed by atoms with Crippen LogP contribution in [0.25, 0.3) is 37.5 Å². The lowest BCUT2D eigenvalue weighted by Gasteiger charge is -2.12. The van der Waals surface area contributed by atoms with Gasteiger partial charge in [-0.15, -0.1) is 22.7 Å². The third-order valence-corrected chi connectivity index (χ3v) is 9.37. The van der Waals surface area contributed by atoms with Crippen LogP contribution in [0.3, 0.4) is 0 Å². The molecule has 3 aromatic carbocycles. The topological polar surface area (TPSA) is 90.3 Å². The van der Waals surface area contributed by atoms with Gasteiger partial charge in [-0.1, -0.05) is 90.6 Å². The Morgan fingerprint density at radius 3 is 2.24 bits per heavy atom. The fourth-order valence-corrected chi connectivity index (χ4v) is 7.35. The van der Waals surface area contributed by atoms with Crippen LogP contribution in [0.1, 0.15) is 10.4 Å². The molecule has 0 saturated heterocycles. The molecule has 0 aliphatic rings. The van der Waals surface area contributed by atoms with Crippen LogP contribution < -0.4 is 10.9 Å². The molecule has 0 spiro atoms. The Kier molecular flexibility index (Phi) is 8.00. The first-order valence-corrected chi connectivity index (χ1v) is 15.6. The van der Waals surface area contributed by atoms with E-state index in [-0.39, 0.29) is 17.2 Å². The molecule has 10 heteroatoms. The highest BCUT2D eigenvalue weighted by atomic mass is 32.2. The highest BCUT2D eigenvalue weighted by molar-refractivity contribution is 7.99. The average molecular weight is 610 g/mol. The molecule has 6 aromatic rings. The van der Waals surface area contributed by atoms with Crippen LogP contribution in [-0.4, -0.2) is 34.3 Å². The minimum absolute atomic E-state index is 0.0269. The Morgan fingerprint density at radius 2 is 1.57 bits per heavy atom. The van der Waals surface area contributed by atoms with Gasteiger partial charge in [-0.05, 0) is 29.3 Å². The molecule has 1 N–H and O–H groups in total. The summed E-state index contributed by atoms with van der Waals surface area (Å²) in [6.45, 7) is 0. The van der Waals surface area contributed by atoms with Crippen molar-refractivity contribution >= 4 is 61.5 Å². The lowest BCUT2D eigenvalue weighted by atomic mass is 10.0. The monoisotopic (exact) mass is 609 g/mol. The minimum Gasteiger partial charge on any atom is -0.465 e. The third kappa shape index (κ3) is 5.52. The van der Waals surface area contributed by atoms with Gasteiger partial charge in [0.25, 0.3) is 5.56 Å². The first-order valence-electron chi connectivity index (χ1n) is 12.9. The Labute approximate surface area is 253 Å². The van der Waals surface area contributed by atoms with Crippen LogP contribution in [0, 0.1) is 0 Å². The van der Waals surface area contributed by atoms with E-state index in [2.05, 4.69) is 5.32 Å². The molecule has 3 heterocycles. The van der Waals surface area contributed by atoms with Crippen LogP contribution in [0.4, 0.5) is 5.00 Å². The first-order chi connectivity index (χ1) is 20.5. The summed E-state index contributed by atoms with van der Waals surface area (Å²) in [6, 6.07) is 30.4. The normalized spacial score (nSPS) is 11.0. The van der Waals surface area contributed by atoms with Gasteiger partial charge in [0.15, 0.2) is 5.16 Å². The third-order valence-electron chi connectivity index (χ3n) is 6.46. The lowest BCUT2D eigenvalue weighted by molar-refractivity contribution is -0.113. The molecule has 208 valence electrons. The number of benzene rings is 3. The summed E-state index contributed by atoms with van der Waals surface area (Å²) in [4.78, 5) is 46.1. The number of ether oxygens (including phenoxy) is 1. The summed E-state index contributed by atoms with van der Waals surface area (Å²) in [5, 5.41) is 6.02.